The Morgan fingerprint density at radius 3 is 3.06 bits per heavy atom. The van der Waals surface area contributed by atoms with Crippen molar-refractivity contribution in [2.24, 2.45) is 13.0 Å². The number of imidazole rings is 1. The van der Waals surface area contributed by atoms with Crippen LogP contribution in [0, 0.1) is 5.92 Å². The van der Waals surface area contributed by atoms with Crippen LogP contribution in [-0.4, -0.2) is 39.5 Å². The van der Waals surface area contributed by atoms with Crippen LogP contribution < -0.4 is 0 Å². The highest BCUT2D eigenvalue weighted by Gasteiger charge is 2.25. The molecule has 1 saturated heterocycles. The minimum atomic E-state index is -0.313. The Bertz CT molecular complexity index is 340. The van der Waals surface area contributed by atoms with E-state index in [1.807, 2.05) is 24.8 Å². The minimum Gasteiger partial charge on any atom is -0.437 e. The summed E-state index contributed by atoms with van der Waals surface area (Å²) in [6.45, 7) is 3.87. The van der Waals surface area contributed by atoms with Gasteiger partial charge in [-0.05, 0) is 45.1 Å². The quantitative estimate of drug-likeness (QED) is 0.767. The Balaban J connectivity index is 1.90. The number of piperidine rings is 1. The monoisotopic (exact) mass is 221 g/mol. The molecule has 1 atom stereocenters. The first-order chi connectivity index (χ1) is 7.65. The molecule has 0 spiro atoms. The lowest BCUT2D eigenvalue weighted by atomic mass is 9.80. The van der Waals surface area contributed by atoms with E-state index in [1.165, 1.54) is 18.5 Å². The van der Waals surface area contributed by atoms with E-state index in [1.54, 1.807) is 0 Å². The third-order valence-electron chi connectivity index (χ3n) is 3.34. The summed E-state index contributed by atoms with van der Waals surface area (Å²) in [5.74, 6) is 0.637. The molecule has 0 aromatic carbocycles. The van der Waals surface area contributed by atoms with Gasteiger partial charge in [-0.3, -0.25) is 0 Å². The van der Waals surface area contributed by atoms with Gasteiger partial charge in [0.15, 0.2) is 0 Å². The van der Waals surface area contributed by atoms with E-state index >= 15 is 0 Å². The SMILES string of the molecule is CB(O)N1CCCC(Cc2cn(C)cn2)C1. The summed E-state index contributed by atoms with van der Waals surface area (Å²) in [7, 11) is 1.69. The van der Waals surface area contributed by atoms with Crippen molar-refractivity contribution in [3.05, 3.63) is 18.2 Å². The van der Waals surface area contributed by atoms with E-state index in [2.05, 4.69) is 16.0 Å². The first-order valence-electron chi connectivity index (χ1n) is 6.04. The van der Waals surface area contributed by atoms with Crippen LogP contribution in [0.15, 0.2) is 12.5 Å². The summed E-state index contributed by atoms with van der Waals surface area (Å²) in [6, 6.07) is 0. The topological polar surface area (TPSA) is 41.3 Å². The third kappa shape index (κ3) is 2.86. The fourth-order valence-corrected chi connectivity index (χ4v) is 2.47. The fraction of sp³-hybridized carbons (Fsp3) is 0.727. The molecule has 0 radical (unpaired) electrons. The van der Waals surface area contributed by atoms with E-state index in [-0.39, 0.29) is 7.05 Å². The number of aromatic nitrogens is 2. The number of hydrogen-bond donors (Lipinski definition) is 1. The summed E-state index contributed by atoms with van der Waals surface area (Å²) in [5, 5.41) is 9.57. The second-order valence-electron chi connectivity index (χ2n) is 4.87. The summed E-state index contributed by atoms with van der Waals surface area (Å²) < 4.78 is 1.99. The molecule has 16 heavy (non-hydrogen) atoms. The lowest BCUT2D eigenvalue weighted by Crippen LogP contribution is -2.44. The van der Waals surface area contributed by atoms with Crippen LogP contribution in [0.1, 0.15) is 18.5 Å². The van der Waals surface area contributed by atoms with Gasteiger partial charge in [-0.15, -0.1) is 0 Å². The maximum Gasteiger partial charge on any atom is 0.376 e. The van der Waals surface area contributed by atoms with Gasteiger partial charge in [0.2, 0.25) is 0 Å². The molecular weight excluding hydrogens is 201 g/mol. The smallest absolute Gasteiger partial charge is 0.376 e. The van der Waals surface area contributed by atoms with Gasteiger partial charge in [0.1, 0.15) is 0 Å². The third-order valence-corrected chi connectivity index (χ3v) is 3.34. The van der Waals surface area contributed by atoms with E-state index in [0.717, 1.165) is 19.5 Å². The van der Waals surface area contributed by atoms with E-state index in [0.29, 0.717) is 5.92 Å². The summed E-state index contributed by atoms with van der Waals surface area (Å²) >= 11 is 0. The van der Waals surface area contributed by atoms with Crippen LogP contribution in [0.4, 0.5) is 0 Å². The molecule has 5 heteroatoms. The molecule has 1 aromatic rings. The van der Waals surface area contributed by atoms with E-state index < -0.39 is 0 Å². The van der Waals surface area contributed by atoms with Crippen molar-refractivity contribution in [3.63, 3.8) is 0 Å². The molecule has 0 saturated carbocycles. The van der Waals surface area contributed by atoms with E-state index in [9.17, 15) is 5.02 Å². The van der Waals surface area contributed by atoms with Gasteiger partial charge in [0, 0.05) is 13.2 Å². The van der Waals surface area contributed by atoms with Gasteiger partial charge in [0.05, 0.1) is 12.0 Å². The van der Waals surface area contributed by atoms with Gasteiger partial charge in [0.25, 0.3) is 0 Å². The molecule has 88 valence electrons. The van der Waals surface area contributed by atoms with E-state index in [4.69, 9.17) is 0 Å². The number of rotatable bonds is 3. The first kappa shape index (κ1) is 11.7. The van der Waals surface area contributed by atoms with Crippen LogP contribution in [0.5, 0.6) is 0 Å². The molecule has 1 fully saturated rings. The normalized spacial score (nSPS) is 22.3. The molecular formula is C11H20BN3O. The Kier molecular flexibility index (Phi) is 3.66. The molecule has 4 nitrogen and oxygen atoms in total. The largest absolute Gasteiger partial charge is 0.437 e. The van der Waals surface area contributed by atoms with Crippen molar-refractivity contribution in [2.45, 2.75) is 26.1 Å². The van der Waals surface area contributed by atoms with Gasteiger partial charge in [-0.25, -0.2) is 4.98 Å². The van der Waals surface area contributed by atoms with Crippen molar-refractivity contribution in [1.82, 2.24) is 14.4 Å². The molecule has 0 aliphatic carbocycles. The van der Waals surface area contributed by atoms with Crippen molar-refractivity contribution in [3.8, 4) is 0 Å². The van der Waals surface area contributed by atoms with Crippen molar-refractivity contribution >= 4 is 7.05 Å². The molecule has 0 amide bonds. The number of aryl methyl sites for hydroxylation is 1. The Morgan fingerprint density at radius 1 is 1.62 bits per heavy atom. The average Bonchev–Trinajstić information content (AvgIpc) is 2.64. The van der Waals surface area contributed by atoms with Crippen molar-refractivity contribution in [1.29, 1.82) is 0 Å². The molecule has 1 aliphatic heterocycles. The molecule has 2 rings (SSSR count). The van der Waals surface area contributed by atoms with Crippen LogP contribution in [-0.2, 0) is 13.5 Å². The highest BCUT2D eigenvalue weighted by atomic mass is 16.2. The van der Waals surface area contributed by atoms with Gasteiger partial charge in [-0.1, -0.05) is 0 Å². The number of hydrogen-bond acceptors (Lipinski definition) is 3. The summed E-state index contributed by atoms with van der Waals surface area (Å²) in [6.07, 6.45) is 7.40. The predicted molar refractivity (Wildman–Crippen MR) is 65.0 cm³/mol. The summed E-state index contributed by atoms with van der Waals surface area (Å²) in [4.78, 5) is 6.51. The molecule has 1 N–H and O–H groups in total. The Labute approximate surface area is 97.4 Å². The molecule has 2 heterocycles. The van der Waals surface area contributed by atoms with Crippen molar-refractivity contribution in [2.75, 3.05) is 13.1 Å². The van der Waals surface area contributed by atoms with Gasteiger partial charge in [-0.2, -0.15) is 0 Å². The lowest BCUT2D eigenvalue weighted by Gasteiger charge is -2.33. The second kappa shape index (κ2) is 5.02. The predicted octanol–water partition coefficient (Wildman–Crippen LogP) is 0.785. The molecule has 1 aromatic heterocycles. The highest BCUT2D eigenvalue weighted by Crippen LogP contribution is 2.20. The zero-order chi connectivity index (χ0) is 11.5. The molecule has 1 aliphatic rings. The van der Waals surface area contributed by atoms with Crippen LogP contribution >= 0.6 is 0 Å². The minimum absolute atomic E-state index is 0.313. The summed E-state index contributed by atoms with van der Waals surface area (Å²) in [5.41, 5.74) is 1.17. The Morgan fingerprint density at radius 2 is 2.44 bits per heavy atom. The molecule has 1 unspecified atom stereocenters. The van der Waals surface area contributed by atoms with Crippen LogP contribution in [0.2, 0.25) is 6.82 Å². The zero-order valence-corrected chi connectivity index (χ0v) is 10.1. The maximum atomic E-state index is 9.57. The van der Waals surface area contributed by atoms with Gasteiger partial charge >= 0.3 is 7.05 Å². The highest BCUT2D eigenvalue weighted by molar-refractivity contribution is 6.45. The fourth-order valence-electron chi connectivity index (χ4n) is 2.47. The standard InChI is InChI=1S/C11H20BN3O/c1-12(16)15-5-3-4-10(7-15)6-11-8-14(2)9-13-11/h8-10,16H,3-7H2,1-2H3. The maximum absolute atomic E-state index is 9.57. The molecule has 0 bridgehead atoms. The lowest BCUT2D eigenvalue weighted by molar-refractivity contribution is 0.241. The second-order valence-corrected chi connectivity index (χ2v) is 4.87. The average molecular weight is 221 g/mol. The van der Waals surface area contributed by atoms with Crippen LogP contribution in [0.3, 0.4) is 0 Å². The van der Waals surface area contributed by atoms with Gasteiger partial charge < -0.3 is 14.4 Å². The number of nitrogens with zero attached hydrogens (tertiary/aromatic N) is 3. The Hall–Kier alpha value is -0.805. The first-order valence-corrected chi connectivity index (χ1v) is 6.04. The van der Waals surface area contributed by atoms with Crippen molar-refractivity contribution < 1.29 is 5.02 Å². The zero-order valence-electron chi connectivity index (χ0n) is 10.1. The van der Waals surface area contributed by atoms with Crippen LogP contribution in [0.25, 0.3) is 0 Å².